The van der Waals surface area contributed by atoms with Crippen molar-refractivity contribution in [1.29, 1.82) is 0 Å². The molecule has 1 heterocycles. The van der Waals surface area contributed by atoms with Crippen LogP contribution in [0.5, 0.6) is 0 Å². The maximum absolute atomic E-state index is 13.1. The van der Waals surface area contributed by atoms with E-state index in [-0.39, 0.29) is 28.6 Å². The number of aromatic nitrogens is 2. The van der Waals surface area contributed by atoms with Crippen molar-refractivity contribution in [2.75, 3.05) is 0 Å². The number of amidine groups is 1. The van der Waals surface area contributed by atoms with Gasteiger partial charge < -0.3 is 15.5 Å². The van der Waals surface area contributed by atoms with Crippen LogP contribution in [0.25, 0.3) is 11.4 Å². The first-order valence-electron chi connectivity index (χ1n) is 15.0. The third-order valence-corrected chi connectivity index (χ3v) is 7.36. The highest BCUT2D eigenvalue weighted by molar-refractivity contribution is 6.64. The standard InChI is InChI=1S/C19H13FN2O.C15H11FN2O.C4H5ClO/c20-17-3-1-2-14(12-17)5-4-13-6-8-15(9-7-13)18-21-19(23-22-18)16-10-11-16;16-14-3-1-2-12(10-14)5-4-11-6-8-13(9-7-11)15(17)18-19;5-4(6)3-1-2-3/h1-3,6-9,12,16H,10-11H2;1-3,6-10,19H,(H2,17,18);3H,1-2H2. The smallest absolute Gasteiger partial charge is 0.230 e. The van der Waals surface area contributed by atoms with Gasteiger partial charge in [0.05, 0.1) is 0 Å². The van der Waals surface area contributed by atoms with E-state index in [0.717, 1.165) is 48.3 Å². The normalized spacial score (nSPS) is 13.3. The Hall–Kier alpha value is -5.77. The molecule has 5 aromatic rings. The van der Waals surface area contributed by atoms with Gasteiger partial charge >= 0.3 is 0 Å². The van der Waals surface area contributed by atoms with Crippen LogP contribution in [0.15, 0.2) is 107 Å². The van der Waals surface area contributed by atoms with Crippen LogP contribution in [-0.2, 0) is 4.79 Å². The van der Waals surface area contributed by atoms with Crippen LogP contribution in [0.3, 0.4) is 0 Å². The number of carbonyl (C=O) groups excluding carboxylic acids is 1. The molecule has 7 rings (SSSR count). The van der Waals surface area contributed by atoms with Gasteiger partial charge in [0.15, 0.2) is 5.84 Å². The van der Waals surface area contributed by atoms with E-state index in [0.29, 0.717) is 28.4 Å². The largest absolute Gasteiger partial charge is 0.409 e. The molecule has 3 N–H and O–H groups in total. The van der Waals surface area contributed by atoms with E-state index in [1.54, 1.807) is 48.5 Å². The van der Waals surface area contributed by atoms with Crippen molar-refractivity contribution in [2.45, 2.75) is 31.6 Å². The lowest BCUT2D eigenvalue weighted by Gasteiger charge is -1.97. The van der Waals surface area contributed by atoms with Gasteiger partial charge in [0.25, 0.3) is 0 Å². The first-order valence-corrected chi connectivity index (χ1v) is 15.4. The molecule has 0 radical (unpaired) electrons. The van der Waals surface area contributed by atoms with E-state index in [9.17, 15) is 13.6 Å². The van der Waals surface area contributed by atoms with Crippen molar-refractivity contribution < 1.29 is 23.3 Å². The quantitative estimate of drug-likeness (QED) is 0.0511. The predicted octanol–water partition coefficient (Wildman–Crippen LogP) is 7.63. The summed E-state index contributed by atoms with van der Waals surface area (Å²) in [6.07, 6.45) is 4.30. The topological polar surface area (TPSA) is 115 Å². The Kier molecular flexibility index (Phi) is 11.3. The van der Waals surface area contributed by atoms with E-state index in [1.165, 1.54) is 24.3 Å². The molecule has 0 amide bonds. The first-order chi connectivity index (χ1) is 23.3. The number of nitrogens with two attached hydrogens (primary N) is 1. The van der Waals surface area contributed by atoms with Gasteiger partial charge in [-0.05, 0) is 122 Å². The van der Waals surface area contributed by atoms with Crippen LogP contribution < -0.4 is 5.73 Å². The predicted molar refractivity (Wildman–Crippen MR) is 179 cm³/mol. The van der Waals surface area contributed by atoms with Crippen LogP contribution in [0.4, 0.5) is 8.78 Å². The highest BCUT2D eigenvalue weighted by Crippen LogP contribution is 2.39. The third-order valence-electron chi connectivity index (χ3n) is 7.05. The van der Waals surface area contributed by atoms with Gasteiger partial charge in [-0.25, -0.2) is 8.78 Å². The Balaban J connectivity index is 0.000000162. The average Bonchev–Trinajstić information content (AvgIpc) is 4.06. The van der Waals surface area contributed by atoms with Gasteiger partial charge in [0, 0.05) is 45.2 Å². The Morgan fingerprint density at radius 2 is 1.31 bits per heavy atom. The number of benzene rings is 4. The second-order valence-corrected chi connectivity index (χ2v) is 11.3. The van der Waals surface area contributed by atoms with E-state index in [2.05, 4.69) is 39.0 Å². The molecule has 2 aliphatic rings. The summed E-state index contributed by atoms with van der Waals surface area (Å²) in [5.41, 5.74) is 9.84. The lowest BCUT2D eigenvalue weighted by atomic mass is 10.1. The van der Waals surface area contributed by atoms with E-state index in [4.69, 9.17) is 27.1 Å². The molecule has 0 saturated heterocycles. The summed E-state index contributed by atoms with van der Waals surface area (Å²) in [5.74, 6) is 13.2. The second-order valence-electron chi connectivity index (χ2n) is 11.0. The molecule has 48 heavy (non-hydrogen) atoms. The second kappa shape index (κ2) is 16.2. The van der Waals surface area contributed by atoms with Gasteiger partial charge in [0.1, 0.15) is 11.6 Å². The minimum absolute atomic E-state index is 0.0460. The van der Waals surface area contributed by atoms with Crippen LogP contribution in [0.2, 0.25) is 0 Å². The molecule has 0 atom stereocenters. The van der Waals surface area contributed by atoms with Crippen LogP contribution >= 0.6 is 11.6 Å². The minimum atomic E-state index is -0.311. The maximum atomic E-state index is 13.1. The van der Waals surface area contributed by atoms with E-state index in [1.807, 2.05) is 24.3 Å². The van der Waals surface area contributed by atoms with Crippen molar-refractivity contribution in [3.8, 4) is 35.1 Å². The van der Waals surface area contributed by atoms with E-state index < -0.39 is 0 Å². The van der Waals surface area contributed by atoms with Crippen molar-refractivity contribution in [2.24, 2.45) is 16.8 Å². The van der Waals surface area contributed by atoms with Gasteiger partial charge in [-0.2, -0.15) is 4.98 Å². The fraction of sp³-hybridized carbons (Fsp3) is 0.158. The maximum Gasteiger partial charge on any atom is 0.230 e. The summed E-state index contributed by atoms with van der Waals surface area (Å²) < 4.78 is 31.3. The summed E-state index contributed by atoms with van der Waals surface area (Å²) in [6.45, 7) is 0. The molecular weight excluding hydrogens is 634 g/mol. The monoisotopic (exact) mass is 662 g/mol. The fourth-order valence-electron chi connectivity index (χ4n) is 4.06. The zero-order valence-corrected chi connectivity index (χ0v) is 26.3. The average molecular weight is 663 g/mol. The lowest BCUT2D eigenvalue weighted by molar-refractivity contribution is -0.112. The fourth-order valence-corrected chi connectivity index (χ4v) is 4.28. The summed E-state index contributed by atoms with van der Waals surface area (Å²) in [4.78, 5) is 14.4. The van der Waals surface area contributed by atoms with Gasteiger partial charge in [-0.3, -0.25) is 4.79 Å². The highest BCUT2D eigenvalue weighted by Gasteiger charge is 2.29. The van der Waals surface area contributed by atoms with Crippen LogP contribution in [0, 0.1) is 41.2 Å². The van der Waals surface area contributed by atoms with Crippen molar-refractivity contribution in [3.63, 3.8) is 0 Å². The number of carbonyl (C=O) groups is 1. The molecule has 0 unspecified atom stereocenters. The Morgan fingerprint density at radius 3 is 1.75 bits per heavy atom. The molecule has 10 heteroatoms. The molecule has 0 spiro atoms. The number of rotatable bonds is 4. The molecule has 2 aliphatic carbocycles. The van der Waals surface area contributed by atoms with Gasteiger partial charge in [-0.15, -0.1) is 0 Å². The Morgan fingerprint density at radius 1 is 0.792 bits per heavy atom. The molecule has 2 fully saturated rings. The molecule has 1 aromatic heterocycles. The molecule has 2 saturated carbocycles. The molecular formula is C38H29ClF2N4O3. The molecule has 0 aliphatic heterocycles. The van der Waals surface area contributed by atoms with E-state index >= 15 is 0 Å². The molecule has 7 nitrogen and oxygen atoms in total. The van der Waals surface area contributed by atoms with Crippen molar-refractivity contribution in [3.05, 3.63) is 142 Å². The Bertz CT molecular complexity index is 2030. The number of halogens is 3. The van der Waals surface area contributed by atoms with Gasteiger partial charge in [-0.1, -0.05) is 46.1 Å². The number of nitrogens with zero attached hydrogens (tertiary/aromatic N) is 3. The van der Waals surface area contributed by atoms with Crippen LogP contribution in [-0.4, -0.2) is 26.4 Å². The number of hydrogen-bond acceptors (Lipinski definition) is 6. The minimum Gasteiger partial charge on any atom is -0.409 e. The zero-order chi connectivity index (χ0) is 33.9. The summed E-state index contributed by atoms with van der Waals surface area (Å²) in [5, 5.41) is 15.3. The molecule has 240 valence electrons. The number of hydrogen-bond donors (Lipinski definition) is 2. The number of oxime groups is 1. The summed E-state index contributed by atoms with van der Waals surface area (Å²) >= 11 is 5.04. The first kappa shape index (κ1) is 33.6. The SMILES string of the molecule is Fc1cccc(C#Cc2ccc(-c3noc(C4CC4)n3)cc2)c1.N/C(=N\O)c1ccc(C#Cc2cccc(F)c2)cc1.O=C(Cl)C1CC1. The van der Waals surface area contributed by atoms with Gasteiger partial charge in [0.2, 0.25) is 17.0 Å². The summed E-state index contributed by atoms with van der Waals surface area (Å²) in [6, 6.07) is 26.9. The van der Waals surface area contributed by atoms with Crippen molar-refractivity contribution >= 4 is 22.7 Å². The van der Waals surface area contributed by atoms with Crippen molar-refractivity contribution in [1.82, 2.24) is 10.1 Å². The van der Waals surface area contributed by atoms with Crippen LogP contribution in [0.1, 0.15) is 65.3 Å². The summed E-state index contributed by atoms with van der Waals surface area (Å²) in [7, 11) is 0. The third kappa shape index (κ3) is 10.4. The Labute approximate surface area is 281 Å². The zero-order valence-electron chi connectivity index (χ0n) is 25.5. The highest BCUT2D eigenvalue weighted by atomic mass is 35.5. The molecule has 0 bridgehead atoms. The molecule has 4 aromatic carbocycles. The lowest BCUT2D eigenvalue weighted by Crippen LogP contribution is -2.12.